The molecule has 8 heteroatoms. The molecular formula is C20H19F3N4O. The number of fused-ring (bicyclic) bond motifs is 1. The smallest absolute Gasteiger partial charge is 0.323 e. The summed E-state index contributed by atoms with van der Waals surface area (Å²) in [5, 5.41) is 7.42. The number of carbonyl (C=O) groups is 1. The normalized spacial score (nSPS) is 15.9. The van der Waals surface area contributed by atoms with Gasteiger partial charge in [0.25, 0.3) is 0 Å². The lowest BCUT2D eigenvalue weighted by Gasteiger charge is -2.20. The fourth-order valence-electron chi connectivity index (χ4n) is 3.54. The van der Waals surface area contributed by atoms with Crippen LogP contribution in [0.3, 0.4) is 0 Å². The Balaban J connectivity index is 1.52. The molecule has 0 unspecified atom stereocenters. The Morgan fingerprint density at radius 3 is 2.46 bits per heavy atom. The summed E-state index contributed by atoms with van der Waals surface area (Å²) >= 11 is 0. The monoisotopic (exact) mass is 388 g/mol. The van der Waals surface area contributed by atoms with Crippen LogP contribution in [-0.2, 0) is 17.4 Å². The van der Waals surface area contributed by atoms with Gasteiger partial charge in [-0.1, -0.05) is 6.07 Å². The number of hydrogen-bond donors (Lipinski definition) is 1. The van der Waals surface area contributed by atoms with Crippen LogP contribution in [0, 0.1) is 5.92 Å². The molecule has 5 nitrogen and oxygen atoms in total. The van der Waals surface area contributed by atoms with Gasteiger partial charge in [0, 0.05) is 24.2 Å². The molecule has 1 N–H and O–H groups in total. The number of alkyl halides is 3. The summed E-state index contributed by atoms with van der Waals surface area (Å²) in [4.78, 5) is 15.8. The quantitative estimate of drug-likeness (QED) is 0.698. The van der Waals surface area contributed by atoms with Crippen LogP contribution in [0.25, 0.3) is 5.65 Å². The van der Waals surface area contributed by atoms with Crippen LogP contribution in [0.15, 0.2) is 42.5 Å². The number of carbonyl (C=O) groups excluding carboxylic acids is 1. The van der Waals surface area contributed by atoms with Gasteiger partial charge in [-0.15, -0.1) is 5.10 Å². The molecule has 0 bridgehead atoms. The third-order valence-electron chi connectivity index (χ3n) is 5.07. The topological polar surface area (TPSA) is 59.3 Å². The predicted molar refractivity (Wildman–Crippen MR) is 98.4 cm³/mol. The summed E-state index contributed by atoms with van der Waals surface area (Å²) in [5.74, 6) is 1.10. The minimum absolute atomic E-state index is 0.325. The molecule has 1 aliphatic rings. The van der Waals surface area contributed by atoms with E-state index in [1.807, 2.05) is 18.2 Å². The zero-order valence-electron chi connectivity index (χ0n) is 15.0. The second kappa shape index (κ2) is 7.26. The first-order valence-electron chi connectivity index (χ1n) is 9.19. The van der Waals surface area contributed by atoms with E-state index in [9.17, 15) is 18.0 Å². The van der Waals surface area contributed by atoms with Crippen molar-refractivity contribution in [2.75, 3.05) is 5.32 Å². The number of nitrogens with zero attached hydrogens (tertiary/aromatic N) is 3. The van der Waals surface area contributed by atoms with Crippen molar-refractivity contribution < 1.29 is 18.0 Å². The molecule has 2 heterocycles. The highest BCUT2D eigenvalue weighted by Gasteiger charge is 2.30. The molecule has 2 aromatic heterocycles. The number of pyridine rings is 1. The van der Waals surface area contributed by atoms with Crippen molar-refractivity contribution in [1.29, 1.82) is 0 Å². The van der Waals surface area contributed by atoms with Gasteiger partial charge >= 0.3 is 6.18 Å². The molecule has 146 valence electrons. The van der Waals surface area contributed by atoms with Crippen LogP contribution in [0.2, 0.25) is 0 Å². The lowest BCUT2D eigenvalue weighted by molar-refractivity contribution is -0.137. The van der Waals surface area contributed by atoms with E-state index in [0.29, 0.717) is 41.8 Å². The molecule has 3 aromatic rings. The SMILES string of the molecule is O=C1CCC(Cc2cccc3nc(Nc4ccc(C(F)(F)F)cc4)nn23)CC1. The molecule has 0 saturated heterocycles. The highest BCUT2D eigenvalue weighted by atomic mass is 19.4. The van der Waals surface area contributed by atoms with Crippen LogP contribution < -0.4 is 5.32 Å². The van der Waals surface area contributed by atoms with Gasteiger partial charge in [-0.3, -0.25) is 4.79 Å². The standard InChI is InChI=1S/C20H19F3N4O/c21-20(22,23)14-6-8-15(9-7-14)24-19-25-18-3-1-2-16(27(18)26-19)12-13-4-10-17(28)11-5-13/h1-3,6-9,13H,4-5,10-12H2,(H,24,26). The largest absolute Gasteiger partial charge is 0.416 e. The van der Waals surface area contributed by atoms with E-state index < -0.39 is 11.7 Å². The van der Waals surface area contributed by atoms with E-state index in [0.717, 1.165) is 37.1 Å². The van der Waals surface area contributed by atoms with Gasteiger partial charge in [0.05, 0.1) is 5.56 Å². The van der Waals surface area contributed by atoms with Crippen LogP contribution in [0.4, 0.5) is 24.8 Å². The van der Waals surface area contributed by atoms with Crippen molar-refractivity contribution in [2.24, 2.45) is 5.92 Å². The molecule has 1 aromatic carbocycles. The number of ketones is 1. The van der Waals surface area contributed by atoms with E-state index >= 15 is 0 Å². The molecule has 1 saturated carbocycles. The van der Waals surface area contributed by atoms with Crippen molar-refractivity contribution >= 4 is 23.1 Å². The highest BCUT2D eigenvalue weighted by Crippen LogP contribution is 2.30. The maximum absolute atomic E-state index is 12.7. The van der Waals surface area contributed by atoms with Crippen molar-refractivity contribution in [3.05, 3.63) is 53.7 Å². The molecule has 0 amide bonds. The van der Waals surface area contributed by atoms with Crippen LogP contribution in [0.1, 0.15) is 36.9 Å². The minimum atomic E-state index is -4.36. The predicted octanol–water partition coefficient (Wildman–Crippen LogP) is 4.79. The van der Waals surface area contributed by atoms with E-state index in [-0.39, 0.29) is 0 Å². The summed E-state index contributed by atoms with van der Waals surface area (Å²) < 4.78 is 39.8. The van der Waals surface area contributed by atoms with E-state index in [4.69, 9.17) is 0 Å². The maximum atomic E-state index is 12.7. The first-order chi connectivity index (χ1) is 13.4. The summed E-state index contributed by atoms with van der Waals surface area (Å²) in [6.45, 7) is 0. The van der Waals surface area contributed by atoms with Gasteiger partial charge in [-0.05, 0) is 61.6 Å². The van der Waals surface area contributed by atoms with Gasteiger partial charge in [-0.25, -0.2) is 4.52 Å². The molecule has 0 spiro atoms. The summed E-state index contributed by atoms with van der Waals surface area (Å²) in [7, 11) is 0. The van der Waals surface area contributed by atoms with Gasteiger partial charge in [0.15, 0.2) is 5.65 Å². The first kappa shape index (κ1) is 18.5. The van der Waals surface area contributed by atoms with Crippen LogP contribution in [0.5, 0.6) is 0 Å². The molecule has 1 fully saturated rings. The van der Waals surface area contributed by atoms with Crippen LogP contribution >= 0.6 is 0 Å². The first-order valence-corrected chi connectivity index (χ1v) is 9.19. The summed E-state index contributed by atoms with van der Waals surface area (Å²) in [6.07, 6.45) is -0.495. The Hall–Kier alpha value is -2.90. The molecule has 0 aliphatic heterocycles. The lowest BCUT2D eigenvalue weighted by Crippen LogP contribution is -2.17. The Labute approximate surface area is 159 Å². The second-order valence-electron chi connectivity index (χ2n) is 7.11. The van der Waals surface area contributed by atoms with Crippen molar-refractivity contribution in [3.63, 3.8) is 0 Å². The molecule has 0 radical (unpaired) electrons. The maximum Gasteiger partial charge on any atom is 0.416 e. The fourth-order valence-corrected chi connectivity index (χ4v) is 3.54. The van der Waals surface area contributed by atoms with Gasteiger partial charge in [0.2, 0.25) is 5.95 Å². The van der Waals surface area contributed by atoms with Gasteiger partial charge in [0.1, 0.15) is 5.78 Å². The minimum Gasteiger partial charge on any atom is -0.323 e. The number of halogens is 3. The summed E-state index contributed by atoms with van der Waals surface area (Å²) in [5.41, 5.74) is 1.45. The highest BCUT2D eigenvalue weighted by molar-refractivity contribution is 5.79. The van der Waals surface area contributed by atoms with E-state index in [1.54, 1.807) is 4.52 Å². The number of benzene rings is 1. The van der Waals surface area contributed by atoms with Crippen LogP contribution in [-0.4, -0.2) is 20.4 Å². The van der Waals surface area contributed by atoms with Gasteiger partial charge < -0.3 is 5.32 Å². The zero-order chi connectivity index (χ0) is 19.7. The third-order valence-corrected chi connectivity index (χ3v) is 5.07. The molecule has 1 aliphatic carbocycles. The zero-order valence-corrected chi connectivity index (χ0v) is 15.0. The summed E-state index contributed by atoms with van der Waals surface area (Å²) in [6, 6.07) is 10.5. The molecule has 4 rings (SSSR count). The number of aromatic nitrogens is 3. The lowest BCUT2D eigenvalue weighted by atomic mass is 9.85. The average Bonchev–Trinajstić information content (AvgIpc) is 3.07. The average molecular weight is 388 g/mol. The number of hydrogen-bond acceptors (Lipinski definition) is 4. The van der Waals surface area contributed by atoms with E-state index in [2.05, 4.69) is 15.4 Å². The Morgan fingerprint density at radius 1 is 1.07 bits per heavy atom. The number of Topliss-reactive ketones (excluding diaryl/α,β-unsaturated/α-hetero) is 1. The molecule has 28 heavy (non-hydrogen) atoms. The number of anilines is 2. The number of nitrogens with one attached hydrogen (secondary N) is 1. The fraction of sp³-hybridized carbons (Fsp3) is 0.350. The Morgan fingerprint density at radius 2 is 1.79 bits per heavy atom. The third kappa shape index (κ3) is 4.00. The van der Waals surface area contributed by atoms with Crippen molar-refractivity contribution in [1.82, 2.24) is 14.6 Å². The number of rotatable bonds is 4. The Kier molecular flexibility index (Phi) is 4.78. The second-order valence-corrected chi connectivity index (χ2v) is 7.11. The Bertz CT molecular complexity index is 985. The van der Waals surface area contributed by atoms with E-state index in [1.165, 1.54) is 12.1 Å². The molecule has 0 atom stereocenters. The van der Waals surface area contributed by atoms with Crippen molar-refractivity contribution in [2.45, 2.75) is 38.3 Å². The molecular weight excluding hydrogens is 369 g/mol. The van der Waals surface area contributed by atoms with Crippen molar-refractivity contribution in [3.8, 4) is 0 Å². The van der Waals surface area contributed by atoms with Gasteiger partial charge in [-0.2, -0.15) is 18.2 Å².